The number of furan rings is 1. The number of aliphatic hydroxyl groups is 2. The second kappa shape index (κ2) is 8.29. The minimum atomic E-state index is -0.713. The van der Waals surface area contributed by atoms with Crippen LogP contribution in [-0.2, 0) is 4.79 Å². The van der Waals surface area contributed by atoms with E-state index in [1.165, 1.54) is 0 Å². The number of piperidine rings is 1. The molecule has 1 fully saturated rings. The van der Waals surface area contributed by atoms with Crippen LogP contribution >= 0.6 is 0 Å². The van der Waals surface area contributed by atoms with Gasteiger partial charge in [-0.3, -0.25) is 4.79 Å². The van der Waals surface area contributed by atoms with E-state index < -0.39 is 6.10 Å². The molecule has 2 heterocycles. The van der Waals surface area contributed by atoms with Gasteiger partial charge in [0.25, 0.3) is 0 Å². The van der Waals surface area contributed by atoms with E-state index >= 15 is 0 Å². The van der Waals surface area contributed by atoms with E-state index in [1.807, 2.05) is 36.4 Å². The van der Waals surface area contributed by atoms with E-state index in [1.54, 1.807) is 6.26 Å². The summed E-state index contributed by atoms with van der Waals surface area (Å²) in [6.07, 6.45) is 2.42. The summed E-state index contributed by atoms with van der Waals surface area (Å²) in [5, 5.41) is 21.4. The Hall–Kier alpha value is -2.15. The molecule has 134 valence electrons. The molecule has 1 saturated heterocycles. The number of aliphatic hydroxyl groups excluding tert-OH is 2. The standard InChI is InChI=1S/C19H24N2O4/c22-13-17(23)12-21-8-6-14(7-9-21)19(24)20-16-4-1-3-15(11-16)18-5-2-10-25-18/h1-5,10-11,14,17,22-23H,6-9,12-13H2,(H,20,24)/t17-/m0/s1. The van der Waals surface area contributed by atoms with Crippen molar-refractivity contribution in [1.82, 2.24) is 4.90 Å². The molecular weight excluding hydrogens is 320 g/mol. The van der Waals surface area contributed by atoms with Crippen LogP contribution < -0.4 is 5.32 Å². The van der Waals surface area contributed by atoms with Crippen LogP contribution in [0.3, 0.4) is 0 Å². The highest BCUT2D eigenvalue weighted by molar-refractivity contribution is 5.93. The molecule has 1 amide bonds. The summed E-state index contributed by atoms with van der Waals surface area (Å²) in [4.78, 5) is 14.6. The van der Waals surface area contributed by atoms with Gasteiger partial charge in [-0.2, -0.15) is 0 Å². The molecule has 1 aromatic carbocycles. The number of nitrogens with one attached hydrogen (secondary N) is 1. The second-order valence-electron chi connectivity index (χ2n) is 6.46. The summed E-state index contributed by atoms with van der Waals surface area (Å²) in [7, 11) is 0. The lowest BCUT2D eigenvalue weighted by molar-refractivity contribution is -0.121. The van der Waals surface area contributed by atoms with Crippen LogP contribution in [0.4, 0.5) is 5.69 Å². The van der Waals surface area contributed by atoms with Gasteiger partial charge < -0.3 is 24.8 Å². The monoisotopic (exact) mass is 344 g/mol. The summed E-state index contributed by atoms with van der Waals surface area (Å²) in [6, 6.07) is 11.3. The van der Waals surface area contributed by atoms with Gasteiger partial charge in [0.1, 0.15) is 5.76 Å². The van der Waals surface area contributed by atoms with Gasteiger partial charge in [-0.25, -0.2) is 0 Å². The molecule has 25 heavy (non-hydrogen) atoms. The zero-order valence-electron chi connectivity index (χ0n) is 14.1. The third-order valence-corrected chi connectivity index (χ3v) is 4.57. The number of amides is 1. The van der Waals surface area contributed by atoms with E-state index in [2.05, 4.69) is 10.2 Å². The maximum atomic E-state index is 12.5. The van der Waals surface area contributed by atoms with Gasteiger partial charge in [0.15, 0.2) is 0 Å². The van der Waals surface area contributed by atoms with Gasteiger partial charge in [0.2, 0.25) is 5.91 Å². The maximum absolute atomic E-state index is 12.5. The van der Waals surface area contributed by atoms with Crippen molar-refractivity contribution >= 4 is 11.6 Å². The molecule has 2 aromatic rings. The number of hydrogen-bond donors (Lipinski definition) is 3. The average molecular weight is 344 g/mol. The third kappa shape index (κ3) is 4.69. The van der Waals surface area contributed by atoms with Crippen LogP contribution in [0, 0.1) is 5.92 Å². The minimum Gasteiger partial charge on any atom is -0.464 e. The van der Waals surface area contributed by atoms with Crippen LogP contribution in [0.2, 0.25) is 0 Å². The predicted octanol–water partition coefficient (Wildman–Crippen LogP) is 1.95. The van der Waals surface area contributed by atoms with Crippen LogP contribution in [0.1, 0.15) is 12.8 Å². The molecule has 3 rings (SSSR count). The number of rotatable bonds is 6. The normalized spacial score (nSPS) is 17.4. The molecular formula is C19H24N2O4. The number of β-amino-alcohol motifs (C(OH)–C–C–N with tert-alkyl or cyclic N) is 1. The minimum absolute atomic E-state index is 0.0268. The number of carbonyl (C=O) groups excluding carboxylic acids is 1. The molecule has 0 radical (unpaired) electrons. The zero-order valence-corrected chi connectivity index (χ0v) is 14.1. The van der Waals surface area contributed by atoms with Crippen molar-refractivity contribution in [2.24, 2.45) is 5.92 Å². The number of likely N-dealkylation sites (tertiary alicyclic amines) is 1. The third-order valence-electron chi connectivity index (χ3n) is 4.57. The largest absolute Gasteiger partial charge is 0.464 e. The number of nitrogens with zero attached hydrogens (tertiary/aromatic N) is 1. The molecule has 0 aliphatic carbocycles. The smallest absolute Gasteiger partial charge is 0.227 e. The Morgan fingerprint density at radius 1 is 1.28 bits per heavy atom. The van der Waals surface area contributed by atoms with Crippen molar-refractivity contribution in [3.63, 3.8) is 0 Å². The lowest BCUT2D eigenvalue weighted by Gasteiger charge is -2.32. The molecule has 0 bridgehead atoms. The van der Waals surface area contributed by atoms with Crippen molar-refractivity contribution in [2.75, 3.05) is 31.6 Å². The molecule has 3 N–H and O–H groups in total. The Labute approximate surface area is 147 Å². The molecule has 1 aliphatic heterocycles. The van der Waals surface area contributed by atoms with Crippen LogP contribution in [0.15, 0.2) is 47.1 Å². The molecule has 1 atom stereocenters. The quantitative estimate of drug-likeness (QED) is 0.746. The SMILES string of the molecule is O=C(Nc1cccc(-c2ccco2)c1)C1CCN(C[C@H](O)CO)CC1. The van der Waals surface area contributed by atoms with E-state index in [0.717, 1.165) is 42.9 Å². The van der Waals surface area contributed by atoms with E-state index in [9.17, 15) is 9.90 Å². The van der Waals surface area contributed by atoms with Crippen molar-refractivity contribution in [3.05, 3.63) is 42.7 Å². The Morgan fingerprint density at radius 2 is 2.08 bits per heavy atom. The first-order valence-electron chi connectivity index (χ1n) is 8.62. The fourth-order valence-corrected chi connectivity index (χ4v) is 3.17. The van der Waals surface area contributed by atoms with E-state index in [4.69, 9.17) is 9.52 Å². The predicted molar refractivity (Wildman–Crippen MR) is 95.0 cm³/mol. The van der Waals surface area contributed by atoms with Gasteiger partial charge in [-0.05, 0) is 50.2 Å². The highest BCUT2D eigenvalue weighted by Crippen LogP contribution is 2.24. The first-order valence-corrected chi connectivity index (χ1v) is 8.62. The molecule has 1 aromatic heterocycles. The summed E-state index contributed by atoms with van der Waals surface area (Å²) < 4.78 is 5.39. The summed E-state index contributed by atoms with van der Waals surface area (Å²) in [5.41, 5.74) is 1.69. The number of carbonyl (C=O) groups is 1. The zero-order chi connectivity index (χ0) is 17.6. The Balaban J connectivity index is 1.54. The lowest BCUT2D eigenvalue weighted by Crippen LogP contribution is -2.42. The van der Waals surface area contributed by atoms with Gasteiger partial charge in [-0.1, -0.05) is 12.1 Å². The highest BCUT2D eigenvalue weighted by atomic mass is 16.3. The molecule has 6 nitrogen and oxygen atoms in total. The topological polar surface area (TPSA) is 85.9 Å². The average Bonchev–Trinajstić information content (AvgIpc) is 3.17. The van der Waals surface area contributed by atoms with Gasteiger partial charge in [-0.15, -0.1) is 0 Å². The fraction of sp³-hybridized carbons (Fsp3) is 0.421. The summed E-state index contributed by atoms with van der Waals surface area (Å²) >= 11 is 0. The van der Waals surface area contributed by atoms with Crippen molar-refractivity contribution in [1.29, 1.82) is 0 Å². The molecule has 0 saturated carbocycles. The number of hydrogen-bond acceptors (Lipinski definition) is 5. The fourth-order valence-electron chi connectivity index (χ4n) is 3.17. The van der Waals surface area contributed by atoms with Gasteiger partial charge >= 0.3 is 0 Å². The van der Waals surface area contributed by atoms with Crippen LogP contribution in [0.25, 0.3) is 11.3 Å². The van der Waals surface area contributed by atoms with E-state index in [0.29, 0.717) is 6.54 Å². The van der Waals surface area contributed by atoms with Crippen LogP contribution in [0.5, 0.6) is 0 Å². The Morgan fingerprint density at radius 3 is 2.76 bits per heavy atom. The van der Waals surface area contributed by atoms with Crippen molar-refractivity contribution in [3.8, 4) is 11.3 Å². The van der Waals surface area contributed by atoms with Crippen molar-refractivity contribution in [2.45, 2.75) is 18.9 Å². The van der Waals surface area contributed by atoms with E-state index in [-0.39, 0.29) is 18.4 Å². The lowest BCUT2D eigenvalue weighted by atomic mass is 9.95. The first kappa shape index (κ1) is 17.7. The van der Waals surface area contributed by atoms with Gasteiger partial charge in [0, 0.05) is 23.7 Å². The molecule has 0 spiro atoms. The first-order chi connectivity index (χ1) is 12.2. The summed E-state index contributed by atoms with van der Waals surface area (Å²) in [6.45, 7) is 1.73. The number of anilines is 1. The molecule has 0 unspecified atom stereocenters. The second-order valence-corrected chi connectivity index (χ2v) is 6.46. The highest BCUT2D eigenvalue weighted by Gasteiger charge is 2.25. The van der Waals surface area contributed by atoms with Crippen LogP contribution in [-0.4, -0.2) is 53.4 Å². The molecule has 1 aliphatic rings. The Kier molecular flexibility index (Phi) is 5.86. The summed E-state index contributed by atoms with van der Waals surface area (Å²) in [5.74, 6) is 0.764. The number of benzene rings is 1. The molecule has 6 heteroatoms. The Bertz CT molecular complexity index is 678. The maximum Gasteiger partial charge on any atom is 0.227 e. The van der Waals surface area contributed by atoms with Crippen molar-refractivity contribution < 1.29 is 19.4 Å². The van der Waals surface area contributed by atoms with Gasteiger partial charge in [0.05, 0.1) is 19.0 Å².